The predicted molar refractivity (Wildman–Crippen MR) is 87.5 cm³/mol. The number of carbonyl (C=O) groups is 1. The van der Waals surface area contributed by atoms with Gasteiger partial charge in [-0.25, -0.2) is 0 Å². The maximum absolute atomic E-state index is 12.3. The summed E-state index contributed by atoms with van der Waals surface area (Å²) in [4.78, 5) is 14.6. The van der Waals surface area contributed by atoms with Crippen LogP contribution in [-0.4, -0.2) is 45.6 Å². The van der Waals surface area contributed by atoms with Crippen LogP contribution < -0.4 is 0 Å². The van der Waals surface area contributed by atoms with Crippen molar-refractivity contribution in [3.63, 3.8) is 0 Å². The van der Waals surface area contributed by atoms with Crippen LogP contribution in [0.15, 0.2) is 30.9 Å². The summed E-state index contributed by atoms with van der Waals surface area (Å²) in [6.45, 7) is 5.45. The second kappa shape index (κ2) is 4.92. The first-order valence-electron chi connectivity index (χ1n) is 8.41. The number of carbonyl (C=O) groups excluding carboxylic acids is 1. The lowest BCUT2D eigenvalue weighted by Crippen LogP contribution is -2.73. The van der Waals surface area contributed by atoms with E-state index in [1.807, 2.05) is 12.1 Å². The molecule has 4 nitrogen and oxygen atoms in total. The molecule has 1 aromatic carbocycles. The molecule has 0 amide bonds. The molecule has 0 spiro atoms. The van der Waals surface area contributed by atoms with E-state index in [1.165, 1.54) is 0 Å². The topological polar surface area (TPSA) is 60.8 Å². The summed E-state index contributed by atoms with van der Waals surface area (Å²) in [7, 11) is 0. The molecule has 0 aromatic heterocycles. The van der Waals surface area contributed by atoms with Crippen LogP contribution in [0.4, 0.5) is 0 Å². The summed E-state index contributed by atoms with van der Waals surface area (Å²) in [5, 5.41) is 21.7. The van der Waals surface area contributed by atoms with Crippen LogP contribution >= 0.6 is 0 Å². The molecule has 122 valence electrons. The van der Waals surface area contributed by atoms with Crippen LogP contribution in [0.2, 0.25) is 0 Å². The Kier molecular flexibility index (Phi) is 3.19. The standard InChI is InChI=1S/C19H23NO3/c1-2-8-20-9-7-18-12-15(22)5-6-19(18,23)17(20)10-13-3-4-14(21)11-16(13)18/h2-4,11,17,21,23H,1,5-10,12H2/t17?,18?,19-/m1/s1. The van der Waals surface area contributed by atoms with Gasteiger partial charge in [-0.1, -0.05) is 12.1 Å². The average molecular weight is 313 g/mol. The SMILES string of the molecule is C=CCN1CCC23CC(=O)CC[C@@]2(O)C1Cc1ccc(O)cc13. The van der Waals surface area contributed by atoms with Crippen LogP contribution in [0.3, 0.4) is 0 Å². The van der Waals surface area contributed by atoms with Gasteiger partial charge in [0.15, 0.2) is 0 Å². The van der Waals surface area contributed by atoms with Crippen molar-refractivity contribution < 1.29 is 15.0 Å². The Bertz CT molecular complexity index is 685. The van der Waals surface area contributed by atoms with Gasteiger partial charge in [0.25, 0.3) is 0 Å². The van der Waals surface area contributed by atoms with Crippen molar-refractivity contribution in [3.05, 3.63) is 42.0 Å². The summed E-state index contributed by atoms with van der Waals surface area (Å²) >= 11 is 0. The van der Waals surface area contributed by atoms with Crippen molar-refractivity contribution in [2.24, 2.45) is 0 Å². The molecule has 1 heterocycles. The van der Waals surface area contributed by atoms with Crippen molar-refractivity contribution >= 4 is 5.78 Å². The predicted octanol–water partition coefficient (Wildman–Crippen LogP) is 1.93. The van der Waals surface area contributed by atoms with E-state index in [4.69, 9.17) is 0 Å². The number of piperidine rings is 1. The maximum atomic E-state index is 12.3. The van der Waals surface area contributed by atoms with Crippen molar-refractivity contribution in [3.8, 4) is 5.75 Å². The van der Waals surface area contributed by atoms with Crippen molar-refractivity contribution in [1.29, 1.82) is 0 Å². The van der Waals surface area contributed by atoms with Gasteiger partial charge in [0, 0.05) is 30.8 Å². The molecule has 0 radical (unpaired) electrons. The van der Waals surface area contributed by atoms with Crippen LogP contribution in [-0.2, 0) is 16.6 Å². The van der Waals surface area contributed by atoms with Crippen molar-refractivity contribution in [2.75, 3.05) is 13.1 Å². The lowest BCUT2D eigenvalue weighted by atomic mass is 9.49. The highest BCUT2D eigenvalue weighted by Crippen LogP contribution is 2.57. The minimum absolute atomic E-state index is 0.0133. The third-order valence-electron chi connectivity index (χ3n) is 6.32. The van der Waals surface area contributed by atoms with Gasteiger partial charge >= 0.3 is 0 Å². The minimum atomic E-state index is -0.900. The average Bonchev–Trinajstić information content (AvgIpc) is 2.52. The second-order valence-corrected chi connectivity index (χ2v) is 7.32. The van der Waals surface area contributed by atoms with Crippen molar-refractivity contribution in [2.45, 2.75) is 49.2 Å². The number of hydrogen-bond acceptors (Lipinski definition) is 4. The molecule has 1 saturated carbocycles. The highest BCUT2D eigenvalue weighted by Gasteiger charge is 2.64. The first-order chi connectivity index (χ1) is 11.0. The van der Waals surface area contributed by atoms with Gasteiger partial charge in [-0.2, -0.15) is 0 Å². The van der Waals surface area contributed by atoms with Crippen LogP contribution in [0, 0.1) is 0 Å². The fraction of sp³-hybridized carbons (Fsp3) is 0.526. The Morgan fingerprint density at radius 2 is 2.22 bits per heavy atom. The number of phenols is 1. The summed E-state index contributed by atoms with van der Waals surface area (Å²) < 4.78 is 0. The number of aliphatic hydroxyl groups is 1. The fourth-order valence-corrected chi connectivity index (χ4v) is 5.27. The summed E-state index contributed by atoms with van der Waals surface area (Å²) in [6, 6.07) is 5.45. The lowest BCUT2D eigenvalue weighted by Gasteiger charge is -2.63. The van der Waals surface area contributed by atoms with E-state index < -0.39 is 11.0 Å². The van der Waals surface area contributed by atoms with Crippen molar-refractivity contribution in [1.82, 2.24) is 4.90 Å². The molecule has 1 saturated heterocycles. The summed E-state index contributed by atoms with van der Waals surface area (Å²) in [6.07, 6.45) is 4.74. The van der Waals surface area contributed by atoms with Gasteiger partial charge in [0.1, 0.15) is 11.5 Å². The fourth-order valence-electron chi connectivity index (χ4n) is 5.27. The zero-order valence-electron chi connectivity index (χ0n) is 13.3. The number of benzene rings is 1. The van der Waals surface area contributed by atoms with Gasteiger partial charge in [0.05, 0.1) is 5.60 Å². The largest absolute Gasteiger partial charge is 0.508 e. The van der Waals surface area contributed by atoms with E-state index >= 15 is 0 Å². The molecule has 2 bridgehead atoms. The Balaban J connectivity index is 1.92. The molecular weight excluding hydrogens is 290 g/mol. The number of aromatic hydroxyl groups is 1. The number of Topliss-reactive ketones (excluding diaryl/α,β-unsaturated/α-hetero) is 1. The number of ketones is 1. The molecule has 4 rings (SSSR count). The number of fused-ring (bicyclic) bond motifs is 1. The van der Waals surface area contributed by atoms with Gasteiger partial charge in [-0.15, -0.1) is 6.58 Å². The van der Waals surface area contributed by atoms with E-state index in [9.17, 15) is 15.0 Å². The lowest BCUT2D eigenvalue weighted by molar-refractivity contribution is -0.170. The highest BCUT2D eigenvalue weighted by molar-refractivity contribution is 5.82. The molecule has 4 heteroatoms. The Morgan fingerprint density at radius 3 is 3.00 bits per heavy atom. The number of phenolic OH excluding ortho intramolecular Hbond substituents is 1. The number of likely N-dealkylation sites (tertiary alicyclic amines) is 1. The zero-order chi connectivity index (χ0) is 16.2. The van der Waals surface area contributed by atoms with E-state index in [2.05, 4.69) is 11.5 Å². The third-order valence-corrected chi connectivity index (χ3v) is 6.32. The smallest absolute Gasteiger partial charge is 0.134 e. The Hall–Kier alpha value is -1.65. The summed E-state index contributed by atoms with van der Waals surface area (Å²) in [5.41, 5.74) is 0.698. The van der Waals surface area contributed by atoms with Crippen LogP contribution in [0.1, 0.15) is 36.8 Å². The molecule has 23 heavy (non-hydrogen) atoms. The van der Waals surface area contributed by atoms with Crippen LogP contribution in [0.5, 0.6) is 5.75 Å². The Labute approximate surface area is 136 Å². The van der Waals surface area contributed by atoms with Crippen LogP contribution in [0.25, 0.3) is 0 Å². The van der Waals surface area contributed by atoms with Gasteiger partial charge in [0.2, 0.25) is 0 Å². The number of rotatable bonds is 2. The highest BCUT2D eigenvalue weighted by atomic mass is 16.3. The van der Waals surface area contributed by atoms with Gasteiger partial charge in [-0.3, -0.25) is 9.69 Å². The number of nitrogens with zero attached hydrogens (tertiary/aromatic N) is 1. The first-order valence-corrected chi connectivity index (χ1v) is 8.41. The van der Waals surface area contributed by atoms with E-state index in [0.717, 1.165) is 37.1 Å². The van der Waals surface area contributed by atoms with E-state index in [-0.39, 0.29) is 17.6 Å². The van der Waals surface area contributed by atoms with Gasteiger partial charge in [-0.05, 0) is 49.1 Å². The minimum Gasteiger partial charge on any atom is -0.508 e. The molecule has 3 aliphatic rings. The molecule has 2 fully saturated rings. The monoisotopic (exact) mass is 313 g/mol. The van der Waals surface area contributed by atoms with E-state index in [0.29, 0.717) is 19.3 Å². The molecule has 1 aromatic rings. The quantitative estimate of drug-likeness (QED) is 0.819. The third kappa shape index (κ3) is 1.88. The summed E-state index contributed by atoms with van der Waals surface area (Å²) in [5.74, 6) is 0.437. The zero-order valence-corrected chi connectivity index (χ0v) is 13.3. The molecule has 2 aliphatic carbocycles. The Morgan fingerprint density at radius 1 is 1.39 bits per heavy atom. The maximum Gasteiger partial charge on any atom is 0.134 e. The van der Waals surface area contributed by atoms with Gasteiger partial charge < -0.3 is 10.2 Å². The molecule has 2 N–H and O–H groups in total. The molecular formula is C19H23NO3. The molecule has 3 atom stereocenters. The normalized spacial score (nSPS) is 36.2. The molecule has 1 aliphatic heterocycles. The second-order valence-electron chi connectivity index (χ2n) is 7.32. The number of hydrogen-bond donors (Lipinski definition) is 2. The molecule has 2 unspecified atom stereocenters. The first kappa shape index (κ1) is 14.9. The van der Waals surface area contributed by atoms with E-state index in [1.54, 1.807) is 12.1 Å².